The van der Waals surface area contributed by atoms with Gasteiger partial charge in [0.15, 0.2) is 5.84 Å². The van der Waals surface area contributed by atoms with Gasteiger partial charge in [-0.25, -0.2) is 9.79 Å². The van der Waals surface area contributed by atoms with Crippen molar-refractivity contribution in [1.82, 2.24) is 0 Å². The quantitative estimate of drug-likeness (QED) is 0.460. The molecule has 3 aromatic carbocycles. The molecule has 4 rings (SSSR count). The molecule has 156 valence electrons. The largest absolute Gasteiger partial charge is 0.429 e. The zero-order valence-corrected chi connectivity index (χ0v) is 18.2. The van der Waals surface area contributed by atoms with E-state index in [9.17, 15) is 4.79 Å². The molecule has 0 saturated heterocycles. The number of amides is 1. The third-order valence-corrected chi connectivity index (χ3v) is 5.23. The van der Waals surface area contributed by atoms with Crippen LogP contribution < -0.4 is 10.8 Å². The minimum atomic E-state index is -1.00. The van der Waals surface area contributed by atoms with Crippen LogP contribution in [0.4, 0.5) is 16.2 Å². The molecule has 0 aromatic heterocycles. The highest BCUT2D eigenvalue weighted by Crippen LogP contribution is 2.32. The third-order valence-electron chi connectivity index (χ3n) is 4.43. The van der Waals surface area contributed by atoms with E-state index in [-0.39, 0.29) is 6.54 Å². The van der Waals surface area contributed by atoms with E-state index in [4.69, 9.17) is 55.4 Å². The maximum absolute atomic E-state index is 11.6. The summed E-state index contributed by atoms with van der Waals surface area (Å²) in [4.78, 5) is 26.3. The monoisotopic (exact) mass is 472 g/mol. The lowest BCUT2D eigenvalue weighted by Crippen LogP contribution is -2.37. The van der Waals surface area contributed by atoms with Crippen molar-refractivity contribution < 1.29 is 9.63 Å². The number of rotatable bonds is 2. The van der Waals surface area contributed by atoms with E-state index >= 15 is 0 Å². The molecule has 0 aliphatic carbocycles. The topological polar surface area (TPSA) is 80.3 Å². The lowest BCUT2D eigenvalue weighted by molar-refractivity contribution is 0.160. The van der Waals surface area contributed by atoms with E-state index in [0.29, 0.717) is 43.6 Å². The first-order valence-corrected chi connectivity index (χ1v) is 10.3. The molecule has 0 saturated carbocycles. The van der Waals surface area contributed by atoms with E-state index < -0.39 is 6.09 Å². The lowest BCUT2D eigenvalue weighted by Gasteiger charge is -2.22. The normalized spacial score (nSPS) is 12.9. The Balaban J connectivity index is 1.87. The van der Waals surface area contributed by atoms with Crippen molar-refractivity contribution in [3.05, 3.63) is 92.9 Å². The predicted molar refractivity (Wildman–Crippen MR) is 125 cm³/mol. The molecule has 0 atom stereocenters. The van der Waals surface area contributed by atoms with Gasteiger partial charge in [0.2, 0.25) is 0 Å². The summed E-state index contributed by atoms with van der Waals surface area (Å²) >= 11 is 18.8. The van der Waals surface area contributed by atoms with Crippen LogP contribution in [0.2, 0.25) is 15.1 Å². The number of hydroxylamine groups is 1. The highest BCUT2D eigenvalue weighted by atomic mass is 35.5. The number of amidine groups is 1. The van der Waals surface area contributed by atoms with E-state index in [1.807, 2.05) is 18.2 Å². The second kappa shape index (κ2) is 8.98. The predicted octanol–water partition coefficient (Wildman–Crippen LogP) is 6.04. The van der Waals surface area contributed by atoms with Gasteiger partial charge < -0.3 is 10.6 Å². The number of primary amides is 1. The summed E-state index contributed by atoms with van der Waals surface area (Å²) < 4.78 is 0. The van der Waals surface area contributed by atoms with Gasteiger partial charge in [0.1, 0.15) is 6.54 Å². The van der Waals surface area contributed by atoms with Crippen LogP contribution in [0, 0.1) is 0 Å². The summed E-state index contributed by atoms with van der Waals surface area (Å²) in [5.74, 6) is 0.326. The number of nitrogens with two attached hydrogens (primary N) is 1. The highest BCUT2D eigenvalue weighted by Gasteiger charge is 2.24. The fourth-order valence-corrected chi connectivity index (χ4v) is 3.73. The first-order chi connectivity index (χ1) is 14.9. The molecule has 1 aliphatic heterocycles. The average Bonchev–Trinajstić information content (AvgIpc) is 2.91. The number of hydrogen-bond acceptors (Lipinski definition) is 5. The Labute approximate surface area is 193 Å². The maximum atomic E-state index is 11.6. The van der Waals surface area contributed by atoms with Crippen molar-refractivity contribution in [3.63, 3.8) is 0 Å². The Bertz CT molecular complexity index is 1230. The number of hydrogen-bond donors (Lipinski definition) is 1. The Kier molecular flexibility index (Phi) is 6.13. The van der Waals surface area contributed by atoms with Crippen LogP contribution in [0.15, 0.2) is 76.7 Å². The molecule has 0 fully saturated rings. The number of anilines is 1. The van der Waals surface area contributed by atoms with Gasteiger partial charge in [-0.2, -0.15) is 5.06 Å². The maximum Gasteiger partial charge on any atom is 0.429 e. The number of nitrogens with zero attached hydrogens (tertiary/aromatic N) is 3. The number of aliphatic imine (C=N–C) groups is 2. The van der Waals surface area contributed by atoms with Gasteiger partial charge >= 0.3 is 6.09 Å². The fraction of sp³-hybridized carbons (Fsp3) is 0.0455. The van der Waals surface area contributed by atoms with Gasteiger partial charge in [-0.05, 0) is 42.5 Å². The molecule has 0 bridgehead atoms. The molecule has 1 heterocycles. The molecule has 31 heavy (non-hydrogen) atoms. The van der Waals surface area contributed by atoms with Crippen LogP contribution in [-0.4, -0.2) is 24.2 Å². The van der Waals surface area contributed by atoms with Crippen LogP contribution in [0.5, 0.6) is 0 Å². The van der Waals surface area contributed by atoms with Crippen molar-refractivity contribution in [2.75, 3.05) is 11.6 Å². The van der Waals surface area contributed by atoms with E-state index in [1.165, 1.54) is 5.06 Å². The van der Waals surface area contributed by atoms with E-state index in [2.05, 4.69) is 0 Å². The van der Waals surface area contributed by atoms with Gasteiger partial charge in [0, 0.05) is 26.2 Å². The van der Waals surface area contributed by atoms with Gasteiger partial charge in [-0.15, -0.1) is 0 Å². The first kappa shape index (κ1) is 21.2. The molecule has 1 amide bonds. The average molecular weight is 474 g/mol. The molecule has 9 heteroatoms. The Morgan fingerprint density at radius 1 is 0.935 bits per heavy atom. The molecule has 1 aliphatic rings. The standard InChI is InChI=1S/C22H15Cl3N4O2/c23-13-4-3-5-15(10-13)29(31-22(26)30)20-12-27-21(16-6-1-2-7-18(16)25)17-11-14(24)8-9-19(17)28-20/h1-11H,12H2,(H2,26,30). The van der Waals surface area contributed by atoms with Crippen molar-refractivity contribution >= 4 is 63.8 Å². The summed E-state index contributed by atoms with van der Waals surface area (Å²) in [6, 6.07) is 19.4. The smallest absolute Gasteiger partial charge is 0.333 e. The number of carbonyl (C=O) groups excluding carboxylic acids is 1. The molecule has 0 radical (unpaired) electrons. The van der Waals surface area contributed by atoms with Crippen LogP contribution in [0.1, 0.15) is 11.1 Å². The number of fused-ring (bicyclic) bond motifs is 1. The van der Waals surface area contributed by atoms with Crippen LogP contribution in [-0.2, 0) is 4.84 Å². The molecule has 2 N–H and O–H groups in total. The number of halogens is 3. The van der Waals surface area contributed by atoms with Gasteiger partial charge in [-0.1, -0.05) is 59.1 Å². The molecular weight excluding hydrogens is 459 g/mol. The van der Waals surface area contributed by atoms with Crippen molar-refractivity contribution in [1.29, 1.82) is 0 Å². The summed E-state index contributed by atoms with van der Waals surface area (Å²) in [7, 11) is 0. The van der Waals surface area contributed by atoms with Gasteiger partial charge in [0.05, 0.1) is 17.1 Å². The summed E-state index contributed by atoms with van der Waals surface area (Å²) in [6.07, 6.45) is -1.00. The van der Waals surface area contributed by atoms with E-state index in [0.717, 1.165) is 5.56 Å². The molecule has 0 spiro atoms. The van der Waals surface area contributed by atoms with Crippen molar-refractivity contribution in [3.8, 4) is 0 Å². The Morgan fingerprint density at radius 2 is 1.71 bits per heavy atom. The van der Waals surface area contributed by atoms with Gasteiger partial charge in [0.25, 0.3) is 0 Å². The minimum Gasteiger partial charge on any atom is -0.333 e. The van der Waals surface area contributed by atoms with Crippen LogP contribution in [0.3, 0.4) is 0 Å². The molecular formula is C22H15Cl3N4O2. The fourth-order valence-electron chi connectivity index (χ4n) is 3.14. The second-order valence-corrected chi connectivity index (χ2v) is 7.80. The van der Waals surface area contributed by atoms with Crippen molar-refractivity contribution in [2.45, 2.75) is 0 Å². The number of benzene rings is 3. The third kappa shape index (κ3) is 4.66. The lowest BCUT2D eigenvalue weighted by atomic mass is 10.0. The molecule has 0 unspecified atom stereocenters. The highest BCUT2D eigenvalue weighted by molar-refractivity contribution is 6.36. The van der Waals surface area contributed by atoms with Crippen LogP contribution in [0.25, 0.3) is 0 Å². The SMILES string of the molecule is NC(=O)ON(C1=Nc2ccc(Cl)cc2C(c2ccccc2Cl)=NC1)c1cccc(Cl)c1. The van der Waals surface area contributed by atoms with Gasteiger partial charge in [-0.3, -0.25) is 4.99 Å². The summed E-state index contributed by atoms with van der Waals surface area (Å²) in [6.45, 7) is 0.0760. The van der Waals surface area contributed by atoms with Crippen LogP contribution >= 0.6 is 34.8 Å². The Morgan fingerprint density at radius 3 is 2.45 bits per heavy atom. The second-order valence-electron chi connectivity index (χ2n) is 6.52. The molecule has 3 aromatic rings. The zero-order valence-electron chi connectivity index (χ0n) is 15.9. The zero-order chi connectivity index (χ0) is 22.0. The first-order valence-electron chi connectivity index (χ1n) is 9.12. The number of carbonyl (C=O) groups is 1. The Hall–Kier alpha value is -3.06. The van der Waals surface area contributed by atoms with Crippen molar-refractivity contribution in [2.24, 2.45) is 15.7 Å². The molecule has 6 nitrogen and oxygen atoms in total. The minimum absolute atomic E-state index is 0.0760. The van der Waals surface area contributed by atoms with E-state index in [1.54, 1.807) is 48.5 Å². The summed E-state index contributed by atoms with van der Waals surface area (Å²) in [5, 5.41) is 2.73. The summed E-state index contributed by atoms with van der Waals surface area (Å²) in [5.41, 5.74) is 8.40.